The molecule has 0 aliphatic carbocycles. The molecular formula is C14H18N2O4. The number of piperidine rings is 1. The zero-order valence-electron chi connectivity index (χ0n) is 11.5. The largest absolute Gasteiger partial charge is 0.487 e. The molecule has 2 rings (SSSR count). The van der Waals surface area contributed by atoms with Gasteiger partial charge in [0, 0.05) is 25.9 Å². The number of hydrogen-bond acceptors (Lipinski definition) is 5. The van der Waals surface area contributed by atoms with Crippen LogP contribution >= 0.6 is 0 Å². The number of anilines is 1. The highest BCUT2D eigenvalue weighted by molar-refractivity contribution is 5.82. The Hall–Kier alpha value is -2.11. The van der Waals surface area contributed by atoms with Crippen molar-refractivity contribution in [2.45, 2.75) is 26.2 Å². The maximum atomic E-state index is 11.3. The molecule has 20 heavy (non-hydrogen) atoms. The molecule has 6 heteroatoms. The van der Waals surface area contributed by atoms with Gasteiger partial charge in [-0.1, -0.05) is 13.0 Å². The number of hydrogen-bond donors (Lipinski definition) is 0. The number of para-hydroxylation sites is 1. The second-order valence-corrected chi connectivity index (χ2v) is 4.76. The van der Waals surface area contributed by atoms with Crippen LogP contribution in [0.3, 0.4) is 0 Å². The van der Waals surface area contributed by atoms with Gasteiger partial charge in [-0.2, -0.15) is 0 Å². The number of ketones is 1. The Kier molecular flexibility index (Phi) is 4.55. The van der Waals surface area contributed by atoms with Crippen LogP contribution < -0.4 is 9.64 Å². The molecule has 0 atom stereocenters. The third-order valence-corrected chi connectivity index (χ3v) is 3.28. The van der Waals surface area contributed by atoms with Gasteiger partial charge in [-0.15, -0.1) is 0 Å². The number of carbonyl (C=O) groups is 1. The number of nitro benzene ring substituents is 1. The first kappa shape index (κ1) is 14.3. The summed E-state index contributed by atoms with van der Waals surface area (Å²) < 4.78 is 5.46. The summed E-state index contributed by atoms with van der Waals surface area (Å²) in [6.45, 7) is 3.45. The third-order valence-electron chi connectivity index (χ3n) is 3.28. The number of nitro groups is 1. The highest BCUT2D eigenvalue weighted by atomic mass is 16.6. The van der Waals surface area contributed by atoms with E-state index < -0.39 is 4.92 Å². The summed E-state index contributed by atoms with van der Waals surface area (Å²) in [6.07, 6.45) is 1.67. The topological polar surface area (TPSA) is 72.7 Å². The standard InChI is InChI=1S/C14H18N2O4/c1-2-10-20-13-5-3-4-12(14(13)16(18)19)15-8-6-11(17)7-9-15/h3-5H,2,6-10H2,1H3. The average Bonchev–Trinajstić information content (AvgIpc) is 2.45. The smallest absolute Gasteiger partial charge is 0.333 e. The Morgan fingerprint density at radius 3 is 2.65 bits per heavy atom. The van der Waals surface area contributed by atoms with Crippen molar-refractivity contribution >= 4 is 17.2 Å². The molecule has 0 spiro atoms. The summed E-state index contributed by atoms with van der Waals surface area (Å²) in [6, 6.07) is 5.09. The lowest BCUT2D eigenvalue weighted by Gasteiger charge is -2.28. The second kappa shape index (κ2) is 6.36. The summed E-state index contributed by atoms with van der Waals surface area (Å²) in [5.41, 5.74) is 0.534. The Balaban J connectivity index is 2.31. The molecule has 0 bridgehead atoms. The van der Waals surface area contributed by atoms with Crippen molar-refractivity contribution in [2.75, 3.05) is 24.6 Å². The van der Waals surface area contributed by atoms with Crippen LogP contribution in [-0.4, -0.2) is 30.4 Å². The van der Waals surface area contributed by atoms with Crippen LogP contribution in [0.15, 0.2) is 18.2 Å². The number of nitrogens with zero attached hydrogens (tertiary/aromatic N) is 2. The third kappa shape index (κ3) is 3.07. The summed E-state index contributed by atoms with van der Waals surface area (Å²) in [7, 11) is 0. The van der Waals surface area contributed by atoms with Crippen LogP contribution in [0.1, 0.15) is 26.2 Å². The first-order chi connectivity index (χ1) is 9.63. The monoisotopic (exact) mass is 278 g/mol. The quantitative estimate of drug-likeness (QED) is 0.611. The number of rotatable bonds is 5. The fourth-order valence-corrected chi connectivity index (χ4v) is 2.27. The van der Waals surface area contributed by atoms with Gasteiger partial charge < -0.3 is 9.64 Å². The molecule has 1 fully saturated rings. The fourth-order valence-electron chi connectivity index (χ4n) is 2.27. The molecule has 1 heterocycles. The van der Waals surface area contributed by atoms with Crippen LogP contribution in [-0.2, 0) is 4.79 Å². The number of carbonyl (C=O) groups excluding carboxylic acids is 1. The molecule has 0 amide bonds. The minimum Gasteiger partial charge on any atom is -0.487 e. The molecule has 0 N–H and O–H groups in total. The van der Waals surface area contributed by atoms with E-state index >= 15 is 0 Å². The van der Waals surface area contributed by atoms with Gasteiger partial charge in [0.25, 0.3) is 0 Å². The predicted octanol–water partition coefficient (Wildman–Crippen LogP) is 2.55. The van der Waals surface area contributed by atoms with E-state index in [1.807, 2.05) is 11.8 Å². The Morgan fingerprint density at radius 2 is 2.05 bits per heavy atom. The SMILES string of the molecule is CCCOc1cccc(N2CCC(=O)CC2)c1[N+](=O)[O-]. The molecule has 1 aliphatic heterocycles. The van der Waals surface area contributed by atoms with Gasteiger partial charge in [0.05, 0.1) is 11.5 Å². The molecule has 1 aromatic carbocycles. The summed E-state index contributed by atoms with van der Waals surface area (Å²) in [5, 5.41) is 11.3. The second-order valence-electron chi connectivity index (χ2n) is 4.76. The lowest BCUT2D eigenvalue weighted by molar-refractivity contribution is -0.385. The van der Waals surface area contributed by atoms with Gasteiger partial charge >= 0.3 is 5.69 Å². The van der Waals surface area contributed by atoms with E-state index in [1.165, 1.54) is 0 Å². The van der Waals surface area contributed by atoms with E-state index in [2.05, 4.69) is 0 Å². The van der Waals surface area contributed by atoms with Crippen molar-refractivity contribution in [1.82, 2.24) is 0 Å². The lowest BCUT2D eigenvalue weighted by Crippen LogP contribution is -2.34. The molecule has 1 aromatic rings. The average molecular weight is 278 g/mol. The van der Waals surface area contributed by atoms with Gasteiger partial charge in [0.15, 0.2) is 5.75 Å². The number of benzene rings is 1. The van der Waals surface area contributed by atoms with Crippen LogP contribution in [0.5, 0.6) is 5.75 Å². The van der Waals surface area contributed by atoms with Gasteiger partial charge in [0.1, 0.15) is 11.5 Å². The van der Waals surface area contributed by atoms with Crippen molar-refractivity contribution in [1.29, 1.82) is 0 Å². The van der Waals surface area contributed by atoms with Crippen molar-refractivity contribution in [2.24, 2.45) is 0 Å². The van der Waals surface area contributed by atoms with Crippen molar-refractivity contribution in [3.8, 4) is 5.75 Å². The van der Waals surface area contributed by atoms with Crippen molar-refractivity contribution in [3.05, 3.63) is 28.3 Å². The van der Waals surface area contributed by atoms with E-state index in [-0.39, 0.29) is 11.5 Å². The van der Waals surface area contributed by atoms with E-state index in [1.54, 1.807) is 18.2 Å². The predicted molar refractivity (Wildman–Crippen MR) is 75.3 cm³/mol. The van der Waals surface area contributed by atoms with E-state index in [0.29, 0.717) is 44.0 Å². The molecule has 0 aromatic heterocycles. The molecule has 1 aliphatic rings. The summed E-state index contributed by atoms with van der Waals surface area (Å²) >= 11 is 0. The minimum absolute atomic E-state index is 0.00435. The van der Waals surface area contributed by atoms with E-state index in [4.69, 9.17) is 4.74 Å². The van der Waals surface area contributed by atoms with Gasteiger partial charge in [-0.25, -0.2) is 0 Å². The molecular weight excluding hydrogens is 260 g/mol. The van der Waals surface area contributed by atoms with Crippen LogP contribution in [0.25, 0.3) is 0 Å². The Morgan fingerprint density at radius 1 is 1.35 bits per heavy atom. The maximum Gasteiger partial charge on any atom is 0.333 e. The molecule has 0 saturated carbocycles. The molecule has 6 nitrogen and oxygen atoms in total. The van der Waals surface area contributed by atoms with Crippen LogP contribution in [0.4, 0.5) is 11.4 Å². The maximum absolute atomic E-state index is 11.3. The minimum atomic E-state index is -0.406. The molecule has 0 unspecified atom stereocenters. The summed E-state index contributed by atoms with van der Waals surface area (Å²) in [4.78, 5) is 24.1. The van der Waals surface area contributed by atoms with Gasteiger partial charge in [-0.05, 0) is 18.6 Å². The zero-order chi connectivity index (χ0) is 14.5. The molecule has 0 radical (unpaired) electrons. The highest BCUT2D eigenvalue weighted by Gasteiger charge is 2.27. The Labute approximate surface area is 117 Å². The van der Waals surface area contributed by atoms with Gasteiger partial charge in [0.2, 0.25) is 0 Å². The van der Waals surface area contributed by atoms with Crippen LogP contribution in [0, 0.1) is 10.1 Å². The molecule has 1 saturated heterocycles. The van der Waals surface area contributed by atoms with E-state index in [0.717, 1.165) is 6.42 Å². The molecule has 108 valence electrons. The van der Waals surface area contributed by atoms with E-state index in [9.17, 15) is 14.9 Å². The van der Waals surface area contributed by atoms with Crippen LogP contribution in [0.2, 0.25) is 0 Å². The Bertz CT molecular complexity index is 506. The fraction of sp³-hybridized carbons (Fsp3) is 0.500. The van der Waals surface area contributed by atoms with Crippen molar-refractivity contribution in [3.63, 3.8) is 0 Å². The first-order valence-corrected chi connectivity index (χ1v) is 6.80. The number of Topliss-reactive ketones (excluding diaryl/α,β-unsaturated/α-hetero) is 1. The van der Waals surface area contributed by atoms with Crippen molar-refractivity contribution < 1.29 is 14.5 Å². The number of ether oxygens (including phenoxy) is 1. The normalized spacial score (nSPS) is 15.2. The summed E-state index contributed by atoms with van der Waals surface area (Å²) in [5.74, 6) is 0.508. The zero-order valence-corrected chi connectivity index (χ0v) is 11.5. The highest BCUT2D eigenvalue weighted by Crippen LogP contribution is 2.38. The van der Waals surface area contributed by atoms with Gasteiger partial charge in [-0.3, -0.25) is 14.9 Å². The first-order valence-electron chi connectivity index (χ1n) is 6.80. The lowest BCUT2D eigenvalue weighted by atomic mass is 10.1.